The maximum atomic E-state index is 13.3. The fourth-order valence-corrected chi connectivity index (χ4v) is 5.71. The number of fused-ring (bicyclic) bond motifs is 2. The number of rotatable bonds is 9. The van der Waals surface area contributed by atoms with Crippen LogP contribution in [-0.2, 0) is 17.8 Å². The quantitative estimate of drug-likeness (QED) is 0.304. The predicted molar refractivity (Wildman–Crippen MR) is 157 cm³/mol. The number of nitrogens with one attached hydrogen (secondary N) is 2. The summed E-state index contributed by atoms with van der Waals surface area (Å²) in [5.41, 5.74) is 3.06. The van der Waals surface area contributed by atoms with Crippen LogP contribution >= 0.6 is 0 Å². The number of H-pyrrole nitrogens is 1. The van der Waals surface area contributed by atoms with Crippen molar-refractivity contribution in [1.82, 2.24) is 30.2 Å². The topological polar surface area (TPSA) is 127 Å². The second-order valence-electron chi connectivity index (χ2n) is 10.9. The molecule has 0 aliphatic carbocycles. The first kappa shape index (κ1) is 27.0. The number of benzene rings is 2. The Morgan fingerprint density at radius 2 is 1.70 bits per heavy atom. The molecular weight excluding hydrogens is 550 g/mol. The number of piperazine rings is 1. The minimum atomic E-state index is -0.0351. The van der Waals surface area contributed by atoms with Gasteiger partial charge in [-0.3, -0.25) is 9.69 Å². The zero-order valence-electron chi connectivity index (χ0n) is 23.9. The Morgan fingerprint density at radius 3 is 2.47 bits per heavy atom. The first-order valence-corrected chi connectivity index (χ1v) is 14.5. The summed E-state index contributed by atoms with van der Waals surface area (Å²) in [5, 5.41) is 3.13. The molecule has 12 nitrogen and oxygen atoms in total. The second kappa shape index (κ2) is 11.8. The van der Waals surface area contributed by atoms with Crippen molar-refractivity contribution in [2.45, 2.75) is 32.4 Å². The minimum Gasteiger partial charge on any atom is -0.454 e. The predicted octanol–water partition coefficient (Wildman–Crippen LogP) is 3.07. The summed E-state index contributed by atoms with van der Waals surface area (Å²) in [6.45, 7) is 5.85. The van der Waals surface area contributed by atoms with Crippen LogP contribution in [0.25, 0.3) is 11.6 Å². The van der Waals surface area contributed by atoms with E-state index in [0.29, 0.717) is 44.1 Å². The number of aryl methyl sites for hydroxylation is 1. The van der Waals surface area contributed by atoms with E-state index in [1.165, 1.54) is 0 Å². The monoisotopic (exact) mass is 583 g/mol. The third-order valence-electron chi connectivity index (χ3n) is 7.90. The van der Waals surface area contributed by atoms with Gasteiger partial charge in [-0.05, 0) is 48.7 Å². The molecule has 7 rings (SSSR count). The number of carbonyl (C=O) groups is 1. The van der Waals surface area contributed by atoms with E-state index in [9.17, 15) is 4.79 Å². The van der Waals surface area contributed by atoms with Crippen LogP contribution in [0.15, 0.2) is 54.9 Å². The summed E-state index contributed by atoms with van der Waals surface area (Å²) in [7, 11) is 0. The highest BCUT2D eigenvalue weighted by Crippen LogP contribution is 2.34. The molecule has 0 saturated carbocycles. The van der Waals surface area contributed by atoms with E-state index in [1.54, 1.807) is 12.4 Å². The molecule has 2 N–H and O–H groups in total. The van der Waals surface area contributed by atoms with Gasteiger partial charge < -0.3 is 34.1 Å². The Bertz CT molecular complexity index is 1610. The fraction of sp³-hybridized carbons (Fsp3) is 0.355. The van der Waals surface area contributed by atoms with E-state index < -0.39 is 0 Å². The van der Waals surface area contributed by atoms with Crippen molar-refractivity contribution in [3.05, 3.63) is 71.7 Å². The highest BCUT2D eigenvalue weighted by atomic mass is 16.7. The smallest absolute Gasteiger partial charge is 0.231 e. The normalized spacial score (nSPS) is 17.3. The molecule has 1 fully saturated rings. The Morgan fingerprint density at radius 1 is 0.953 bits per heavy atom. The van der Waals surface area contributed by atoms with E-state index in [1.807, 2.05) is 43.3 Å². The molecule has 2 aromatic carbocycles. The molecule has 2 aromatic heterocycles. The number of hydrogen-bond acceptors (Lipinski definition) is 10. The largest absolute Gasteiger partial charge is 0.454 e. The van der Waals surface area contributed by atoms with Gasteiger partial charge in [-0.15, -0.1) is 0 Å². The van der Waals surface area contributed by atoms with Gasteiger partial charge in [0.25, 0.3) is 0 Å². The average molecular weight is 584 g/mol. The zero-order valence-corrected chi connectivity index (χ0v) is 23.9. The standard InChI is InChI=1S/C31H33N7O5/c1-20-12-28(36-31(35-20)30-33-8-9-34-30)38-11-10-37(16-22-3-5-25-27(14-22)43-19-41-25)23(17-38)15-29(39)32-7-6-21-2-4-24-26(13-21)42-18-40-24/h2-5,8-9,12-14,23H,6-7,10-11,15-19H2,1H3,(H,32,39)(H,33,34). The fourth-order valence-electron chi connectivity index (χ4n) is 5.71. The van der Waals surface area contributed by atoms with Gasteiger partial charge in [0.05, 0.1) is 0 Å². The van der Waals surface area contributed by atoms with Crippen LogP contribution in [0.3, 0.4) is 0 Å². The SMILES string of the molecule is Cc1cc(N2CCN(Cc3ccc4c(c3)OCO4)C(CC(=O)NCCc3ccc4c(c3)OCO4)C2)nc(-c2ncc[nH]2)n1. The molecule has 4 aromatic rings. The lowest BCUT2D eigenvalue weighted by atomic mass is 10.1. The molecule has 0 bridgehead atoms. The third kappa shape index (κ3) is 6.05. The van der Waals surface area contributed by atoms with Crippen LogP contribution in [0.2, 0.25) is 0 Å². The number of hydrogen-bond donors (Lipinski definition) is 2. The van der Waals surface area contributed by atoms with E-state index in [2.05, 4.69) is 36.1 Å². The zero-order chi connectivity index (χ0) is 29.2. The third-order valence-corrected chi connectivity index (χ3v) is 7.90. The molecule has 1 saturated heterocycles. The Labute approximate surface area is 249 Å². The second-order valence-corrected chi connectivity index (χ2v) is 10.9. The number of aromatic amines is 1. The van der Waals surface area contributed by atoms with Crippen LogP contribution in [0.4, 0.5) is 5.82 Å². The lowest BCUT2D eigenvalue weighted by molar-refractivity contribution is -0.122. The van der Waals surface area contributed by atoms with Gasteiger partial charge in [-0.1, -0.05) is 12.1 Å². The maximum absolute atomic E-state index is 13.3. The number of amides is 1. The van der Waals surface area contributed by atoms with E-state index in [0.717, 1.165) is 58.7 Å². The lowest BCUT2D eigenvalue weighted by Gasteiger charge is -2.42. The molecule has 43 heavy (non-hydrogen) atoms. The summed E-state index contributed by atoms with van der Waals surface area (Å²) in [5.74, 6) is 5.06. The molecule has 0 radical (unpaired) electrons. The molecule has 1 atom stereocenters. The van der Waals surface area contributed by atoms with Crippen LogP contribution in [0.5, 0.6) is 23.0 Å². The van der Waals surface area contributed by atoms with Gasteiger partial charge in [0, 0.05) is 69.3 Å². The van der Waals surface area contributed by atoms with Crippen molar-refractivity contribution in [3.63, 3.8) is 0 Å². The molecule has 1 unspecified atom stereocenters. The summed E-state index contributed by atoms with van der Waals surface area (Å²) < 4.78 is 22.0. The molecule has 3 aliphatic heterocycles. The first-order chi connectivity index (χ1) is 21.1. The Hall–Kier alpha value is -4.84. The van der Waals surface area contributed by atoms with Crippen LogP contribution in [0, 0.1) is 6.92 Å². The number of imidazole rings is 1. The van der Waals surface area contributed by atoms with Crippen molar-refractivity contribution < 1.29 is 23.7 Å². The molecule has 5 heterocycles. The number of carbonyl (C=O) groups excluding carboxylic acids is 1. The maximum Gasteiger partial charge on any atom is 0.231 e. The molecule has 222 valence electrons. The van der Waals surface area contributed by atoms with Crippen molar-refractivity contribution in [1.29, 1.82) is 0 Å². The number of nitrogens with zero attached hydrogens (tertiary/aromatic N) is 5. The lowest BCUT2D eigenvalue weighted by Crippen LogP contribution is -2.54. The summed E-state index contributed by atoms with van der Waals surface area (Å²) in [4.78, 5) is 34.7. The molecule has 3 aliphatic rings. The highest BCUT2D eigenvalue weighted by Gasteiger charge is 2.30. The van der Waals surface area contributed by atoms with Gasteiger partial charge in [0.15, 0.2) is 34.6 Å². The minimum absolute atomic E-state index is 0.0124. The first-order valence-electron chi connectivity index (χ1n) is 14.5. The number of anilines is 1. The van der Waals surface area contributed by atoms with Crippen molar-refractivity contribution in [2.24, 2.45) is 0 Å². The molecule has 0 spiro atoms. The van der Waals surface area contributed by atoms with Crippen LogP contribution in [0.1, 0.15) is 23.2 Å². The van der Waals surface area contributed by atoms with E-state index in [-0.39, 0.29) is 25.5 Å². The van der Waals surface area contributed by atoms with Gasteiger partial charge in [-0.25, -0.2) is 15.0 Å². The van der Waals surface area contributed by atoms with Crippen LogP contribution in [-0.4, -0.2) is 76.5 Å². The van der Waals surface area contributed by atoms with Gasteiger partial charge >= 0.3 is 0 Å². The summed E-state index contributed by atoms with van der Waals surface area (Å²) >= 11 is 0. The molecule has 12 heteroatoms. The number of aromatic nitrogens is 4. The van der Waals surface area contributed by atoms with E-state index >= 15 is 0 Å². The van der Waals surface area contributed by atoms with Crippen LogP contribution < -0.4 is 29.2 Å². The number of ether oxygens (including phenoxy) is 4. The van der Waals surface area contributed by atoms with Gasteiger partial charge in [0.1, 0.15) is 5.82 Å². The highest BCUT2D eigenvalue weighted by molar-refractivity contribution is 5.76. The van der Waals surface area contributed by atoms with Gasteiger partial charge in [0.2, 0.25) is 19.5 Å². The van der Waals surface area contributed by atoms with Crippen molar-refractivity contribution >= 4 is 11.7 Å². The van der Waals surface area contributed by atoms with Crippen molar-refractivity contribution in [3.8, 4) is 34.6 Å². The van der Waals surface area contributed by atoms with Crippen molar-refractivity contribution in [2.75, 3.05) is 44.7 Å². The average Bonchev–Trinajstić information content (AvgIpc) is 3.80. The molecule has 1 amide bonds. The Kier molecular flexibility index (Phi) is 7.42. The molecular formula is C31H33N7O5. The van der Waals surface area contributed by atoms with Gasteiger partial charge in [-0.2, -0.15) is 0 Å². The summed E-state index contributed by atoms with van der Waals surface area (Å²) in [6.07, 6.45) is 4.51. The summed E-state index contributed by atoms with van der Waals surface area (Å²) in [6, 6.07) is 13.9. The Balaban J connectivity index is 1.05. The van der Waals surface area contributed by atoms with E-state index in [4.69, 9.17) is 23.9 Å².